The molecule has 2 fully saturated rings. The smallest absolute Gasteiger partial charge is 0.274 e. The zero-order valence-electron chi connectivity index (χ0n) is 10.2. The standard InChI is InChI=1S/C12H15N3O2S/c1-2-3-10-14-8(6-18-10)12(17)15-5-7-4-9(15)11(16)13-7/h6-7,9H,2-5H2,1H3,(H,13,16)/t7-,9-/m0/s1. The van der Waals surface area contributed by atoms with Crippen molar-refractivity contribution in [3.05, 3.63) is 16.1 Å². The largest absolute Gasteiger partial charge is 0.350 e. The fourth-order valence-corrected chi connectivity index (χ4v) is 3.47. The van der Waals surface area contributed by atoms with Crippen LogP contribution in [-0.2, 0) is 11.2 Å². The van der Waals surface area contributed by atoms with Crippen LogP contribution < -0.4 is 5.32 Å². The van der Waals surface area contributed by atoms with E-state index < -0.39 is 0 Å². The number of piperazine rings is 1. The molecule has 2 atom stereocenters. The van der Waals surface area contributed by atoms with Crippen molar-refractivity contribution < 1.29 is 9.59 Å². The van der Waals surface area contributed by atoms with Gasteiger partial charge >= 0.3 is 0 Å². The highest BCUT2D eigenvalue weighted by Gasteiger charge is 2.46. The SMILES string of the molecule is CCCc1nc(C(=O)N2C[C@@H]3C[C@H]2C(=O)N3)cs1. The Morgan fingerprint density at radius 3 is 3.17 bits per heavy atom. The van der Waals surface area contributed by atoms with Crippen LogP contribution in [0.2, 0.25) is 0 Å². The number of thiazole rings is 1. The van der Waals surface area contributed by atoms with Crippen molar-refractivity contribution in [1.82, 2.24) is 15.2 Å². The number of rotatable bonds is 3. The average molecular weight is 265 g/mol. The van der Waals surface area contributed by atoms with Crippen LogP contribution in [0, 0.1) is 0 Å². The van der Waals surface area contributed by atoms with Crippen LogP contribution in [0.25, 0.3) is 0 Å². The first-order chi connectivity index (χ1) is 8.69. The van der Waals surface area contributed by atoms with Crippen molar-refractivity contribution in [2.24, 2.45) is 0 Å². The first-order valence-corrected chi connectivity index (χ1v) is 7.12. The number of nitrogens with one attached hydrogen (secondary N) is 1. The number of nitrogens with zero attached hydrogens (tertiary/aromatic N) is 2. The lowest BCUT2D eigenvalue weighted by atomic mass is 10.2. The lowest BCUT2D eigenvalue weighted by Crippen LogP contribution is -2.50. The molecule has 0 aliphatic carbocycles. The Morgan fingerprint density at radius 1 is 1.67 bits per heavy atom. The Kier molecular flexibility index (Phi) is 2.81. The Morgan fingerprint density at radius 2 is 2.50 bits per heavy atom. The van der Waals surface area contributed by atoms with E-state index in [-0.39, 0.29) is 23.9 Å². The summed E-state index contributed by atoms with van der Waals surface area (Å²) in [7, 11) is 0. The maximum absolute atomic E-state index is 12.3. The molecule has 18 heavy (non-hydrogen) atoms. The number of amides is 2. The molecule has 0 saturated carbocycles. The van der Waals surface area contributed by atoms with Crippen molar-refractivity contribution in [2.45, 2.75) is 38.3 Å². The summed E-state index contributed by atoms with van der Waals surface area (Å²) in [4.78, 5) is 29.9. The third kappa shape index (κ3) is 1.80. The van der Waals surface area contributed by atoms with Crippen LogP contribution in [0.5, 0.6) is 0 Å². The monoisotopic (exact) mass is 265 g/mol. The highest BCUT2D eigenvalue weighted by atomic mass is 32.1. The maximum Gasteiger partial charge on any atom is 0.274 e. The van der Waals surface area contributed by atoms with Gasteiger partial charge in [-0.1, -0.05) is 6.92 Å². The van der Waals surface area contributed by atoms with E-state index in [1.54, 1.807) is 10.3 Å². The molecule has 2 saturated heterocycles. The van der Waals surface area contributed by atoms with Gasteiger partial charge in [0.1, 0.15) is 11.7 Å². The second kappa shape index (κ2) is 4.35. The van der Waals surface area contributed by atoms with Gasteiger partial charge < -0.3 is 10.2 Å². The molecule has 96 valence electrons. The van der Waals surface area contributed by atoms with Gasteiger partial charge in [0, 0.05) is 18.0 Å². The molecule has 6 heteroatoms. The summed E-state index contributed by atoms with van der Waals surface area (Å²) >= 11 is 1.52. The highest BCUT2D eigenvalue weighted by molar-refractivity contribution is 7.09. The third-order valence-electron chi connectivity index (χ3n) is 3.45. The number of aromatic nitrogens is 1. The topological polar surface area (TPSA) is 62.3 Å². The van der Waals surface area contributed by atoms with Crippen LogP contribution in [0.3, 0.4) is 0 Å². The molecular formula is C12H15N3O2S. The van der Waals surface area contributed by atoms with Gasteiger partial charge in [0.05, 0.1) is 5.01 Å². The number of fused-ring (bicyclic) bond motifs is 2. The van der Waals surface area contributed by atoms with E-state index in [0.717, 1.165) is 24.3 Å². The molecule has 2 amide bonds. The molecule has 1 N–H and O–H groups in total. The van der Waals surface area contributed by atoms with E-state index in [4.69, 9.17) is 0 Å². The molecule has 1 aromatic rings. The van der Waals surface area contributed by atoms with Gasteiger partial charge in [-0.25, -0.2) is 4.98 Å². The summed E-state index contributed by atoms with van der Waals surface area (Å²) in [6.45, 7) is 2.71. The molecule has 1 aromatic heterocycles. The minimum Gasteiger partial charge on any atom is -0.350 e. The van der Waals surface area contributed by atoms with Crippen molar-refractivity contribution in [2.75, 3.05) is 6.54 Å². The van der Waals surface area contributed by atoms with E-state index in [1.165, 1.54) is 11.3 Å². The average Bonchev–Trinajstić information content (AvgIpc) is 3.02. The third-order valence-corrected chi connectivity index (χ3v) is 4.35. The highest BCUT2D eigenvalue weighted by Crippen LogP contribution is 2.26. The lowest BCUT2D eigenvalue weighted by Gasteiger charge is -2.25. The van der Waals surface area contributed by atoms with Crippen LogP contribution in [-0.4, -0.2) is 40.3 Å². The molecule has 2 aliphatic rings. The van der Waals surface area contributed by atoms with E-state index in [0.29, 0.717) is 12.2 Å². The Labute approximate surface area is 109 Å². The molecule has 3 heterocycles. The zero-order chi connectivity index (χ0) is 12.7. The van der Waals surface area contributed by atoms with Crippen LogP contribution in [0.4, 0.5) is 0 Å². The van der Waals surface area contributed by atoms with E-state index >= 15 is 0 Å². The maximum atomic E-state index is 12.3. The molecule has 0 aromatic carbocycles. The molecule has 2 aliphatic heterocycles. The molecule has 2 bridgehead atoms. The molecule has 3 rings (SSSR count). The summed E-state index contributed by atoms with van der Waals surface area (Å²) in [6, 6.07) is -0.140. The second-order valence-electron chi connectivity index (χ2n) is 4.79. The van der Waals surface area contributed by atoms with Crippen LogP contribution in [0.15, 0.2) is 5.38 Å². The van der Waals surface area contributed by atoms with Gasteiger partial charge in [-0.05, 0) is 19.3 Å². The number of carbonyl (C=O) groups excluding carboxylic acids is 2. The zero-order valence-corrected chi connectivity index (χ0v) is 11.0. The van der Waals surface area contributed by atoms with Gasteiger partial charge in [-0.15, -0.1) is 11.3 Å². The summed E-state index contributed by atoms with van der Waals surface area (Å²) in [5, 5.41) is 5.66. The number of aryl methyl sites for hydroxylation is 1. The molecule has 0 spiro atoms. The summed E-state index contributed by atoms with van der Waals surface area (Å²) < 4.78 is 0. The van der Waals surface area contributed by atoms with Gasteiger partial charge in [0.15, 0.2) is 0 Å². The van der Waals surface area contributed by atoms with Crippen LogP contribution >= 0.6 is 11.3 Å². The summed E-state index contributed by atoms with van der Waals surface area (Å²) in [6.07, 6.45) is 2.68. The van der Waals surface area contributed by atoms with Crippen molar-refractivity contribution in [3.8, 4) is 0 Å². The minimum absolute atomic E-state index is 0.0244. The van der Waals surface area contributed by atoms with Crippen molar-refractivity contribution in [1.29, 1.82) is 0 Å². The van der Waals surface area contributed by atoms with Gasteiger partial charge in [0.2, 0.25) is 5.91 Å². The molecule has 0 unspecified atom stereocenters. The summed E-state index contributed by atoms with van der Waals surface area (Å²) in [5.74, 6) is -0.125. The van der Waals surface area contributed by atoms with E-state index in [2.05, 4.69) is 17.2 Å². The van der Waals surface area contributed by atoms with Crippen molar-refractivity contribution >= 4 is 23.2 Å². The first-order valence-electron chi connectivity index (χ1n) is 6.24. The predicted molar refractivity (Wildman–Crippen MR) is 67.5 cm³/mol. The second-order valence-corrected chi connectivity index (χ2v) is 5.73. The molecule has 0 radical (unpaired) electrons. The predicted octanol–water partition coefficient (Wildman–Crippen LogP) is 0.808. The molecular weight excluding hydrogens is 250 g/mol. The fraction of sp³-hybridized carbons (Fsp3) is 0.583. The Balaban J connectivity index is 1.76. The fourth-order valence-electron chi connectivity index (χ4n) is 2.60. The molecule has 5 nitrogen and oxygen atoms in total. The van der Waals surface area contributed by atoms with Crippen LogP contribution in [0.1, 0.15) is 35.3 Å². The van der Waals surface area contributed by atoms with Gasteiger partial charge in [-0.3, -0.25) is 9.59 Å². The Hall–Kier alpha value is -1.43. The summed E-state index contributed by atoms with van der Waals surface area (Å²) in [5.41, 5.74) is 0.490. The van der Waals surface area contributed by atoms with E-state index in [9.17, 15) is 9.59 Å². The number of hydrogen-bond acceptors (Lipinski definition) is 4. The number of likely N-dealkylation sites (tertiary alicyclic amines) is 1. The van der Waals surface area contributed by atoms with E-state index in [1.807, 2.05) is 0 Å². The lowest BCUT2D eigenvalue weighted by molar-refractivity contribution is -0.124. The minimum atomic E-state index is -0.279. The quantitative estimate of drug-likeness (QED) is 0.879. The normalized spacial score (nSPS) is 25.6. The number of hydrogen-bond donors (Lipinski definition) is 1. The number of carbonyl (C=O) groups is 2. The Bertz CT molecular complexity index is 499. The van der Waals surface area contributed by atoms with Crippen molar-refractivity contribution in [3.63, 3.8) is 0 Å². The first kappa shape index (κ1) is 11.6. The van der Waals surface area contributed by atoms with Gasteiger partial charge in [0.25, 0.3) is 5.91 Å². The van der Waals surface area contributed by atoms with Gasteiger partial charge in [-0.2, -0.15) is 0 Å².